The number of nitrogens with zero attached hydrogens (tertiary/aromatic N) is 1. The fraction of sp³-hybridized carbons (Fsp3) is 0.400. The van der Waals surface area contributed by atoms with E-state index in [1.165, 1.54) is 11.1 Å². The molecule has 1 nitrogen and oxygen atoms in total. The van der Waals surface area contributed by atoms with Crippen molar-refractivity contribution >= 4 is 7.98 Å². The van der Waals surface area contributed by atoms with Gasteiger partial charge in [0.05, 0.1) is 6.54 Å². The Morgan fingerprint density at radius 2 is 1.92 bits per heavy atom. The van der Waals surface area contributed by atoms with Crippen molar-refractivity contribution in [2.24, 2.45) is 0 Å². The lowest BCUT2D eigenvalue weighted by atomic mass is 9.95. The van der Waals surface area contributed by atoms with Crippen LogP contribution < -0.4 is 0 Å². The van der Waals surface area contributed by atoms with Crippen LogP contribution in [0.2, 0.25) is 0 Å². The minimum atomic E-state index is 0.636. The normalized spacial score (nSPS) is 28.2. The maximum absolute atomic E-state index is 6.03. The van der Waals surface area contributed by atoms with E-state index in [1.54, 1.807) is 0 Å². The molecule has 12 heavy (non-hydrogen) atoms. The third-order valence-electron chi connectivity index (χ3n) is 2.54. The van der Waals surface area contributed by atoms with Crippen LogP contribution in [0, 0.1) is 0 Å². The standard InChI is InChI=1S/C10H13BN/c1-12(11)7-6-9-4-2-3-5-10(9)8-12/h2-5H,6-8H2,1H3. The zero-order valence-corrected chi connectivity index (χ0v) is 7.46. The molecule has 0 N–H and O–H groups in total. The molecule has 1 atom stereocenters. The van der Waals surface area contributed by atoms with Crippen molar-refractivity contribution in [3.05, 3.63) is 35.4 Å². The number of hydrogen-bond acceptors (Lipinski definition) is 0. The summed E-state index contributed by atoms with van der Waals surface area (Å²) in [5.74, 6) is 0. The van der Waals surface area contributed by atoms with Gasteiger partial charge >= 0.3 is 0 Å². The number of likely N-dealkylation sites (N-methyl/N-ethyl adjacent to an activating group) is 1. The molecule has 1 aliphatic rings. The Bertz CT molecular complexity index is 294. The Balaban J connectivity index is 2.35. The zero-order chi connectivity index (χ0) is 8.60. The van der Waals surface area contributed by atoms with Gasteiger partial charge in [-0.15, -0.1) is 0 Å². The topological polar surface area (TPSA) is 0 Å². The lowest BCUT2D eigenvalue weighted by molar-refractivity contribution is -0.812. The molecule has 1 heterocycles. The van der Waals surface area contributed by atoms with Gasteiger partial charge < -0.3 is 4.39 Å². The molecule has 1 unspecified atom stereocenters. The SMILES string of the molecule is [B-][N+]1(C)CCc2ccccc2C1. The molecule has 0 aliphatic carbocycles. The third-order valence-corrected chi connectivity index (χ3v) is 2.54. The summed E-state index contributed by atoms with van der Waals surface area (Å²) in [5, 5.41) is 0. The average molecular weight is 158 g/mol. The van der Waals surface area contributed by atoms with Gasteiger partial charge in [-0.25, -0.2) is 7.98 Å². The van der Waals surface area contributed by atoms with Crippen LogP contribution >= 0.6 is 0 Å². The van der Waals surface area contributed by atoms with Gasteiger partial charge in [-0.3, -0.25) is 0 Å². The number of quaternary nitrogens is 1. The molecular weight excluding hydrogens is 145 g/mol. The van der Waals surface area contributed by atoms with Gasteiger partial charge in [0.2, 0.25) is 0 Å². The van der Waals surface area contributed by atoms with E-state index < -0.39 is 0 Å². The predicted octanol–water partition coefficient (Wildman–Crippen LogP) is 1.27. The van der Waals surface area contributed by atoms with Crippen LogP contribution in [0.15, 0.2) is 24.3 Å². The monoisotopic (exact) mass is 158 g/mol. The van der Waals surface area contributed by atoms with Crippen molar-refractivity contribution in [1.29, 1.82) is 0 Å². The Hall–Kier alpha value is -0.755. The van der Waals surface area contributed by atoms with Gasteiger partial charge in [0.25, 0.3) is 0 Å². The van der Waals surface area contributed by atoms with Crippen molar-refractivity contribution in [2.45, 2.75) is 13.0 Å². The summed E-state index contributed by atoms with van der Waals surface area (Å²) < 4.78 is 0.636. The predicted molar refractivity (Wildman–Crippen MR) is 50.7 cm³/mol. The molecule has 0 aromatic heterocycles. The zero-order valence-electron chi connectivity index (χ0n) is 7.46. The van der Waals surface area contributed by atoms with Crippen LogP contribution in [-0.4, -0.2) is 26.0 Å². The van der Waals surface area contributed by atoms with E-state index in [4.69, 9.17) is 7.98 Å². The molecule has 61 valence electrons. The smallest absolute Gasteiger partial charge is 0.0580 e. The van der Waals surface area contributed by atoms with Crippen molar-refractivity contribution in [1.82, 2.24) is 0 Å². The lowest BCUT2D eigenvalue weighted by Crippen LogP contribution is -2.45. The molecule has 1 aromatic carbocycles. The quantitative estimate of drug-likeness (QED) is 0.499. The fourth-order valence-electron chi connectivity index (χ4n) is 1.80. The Labute approximate surface area is 75.0 Å². The molecule has 2 heteroatoms. The van der Waals surface area contributed by atoms with Gasteiger partial charge in [-0.05, 0) is 5.56 Å². The summed E-state index contributed by atoms with van der Waals surface area (Å²) in [7, 11) is 8.11. The molecule has 1 aromatic rings. The van der Waals surface area contributed by atoms with Crippen molar-refractivity contribution in [3.8, 4) is 0 Å². The van der Waals surface area contributed by atoms with E-state index in [2.05, 4.69) is 31.3 Å². The van der Waals surface area contributed by atoms with Crippen LogP contribution in [0.3, 0.4) is 0 Å². The summed E-state index contributed by atoms with van der Waals surface area (Å²) in [6, 6.07) is 8.57. The van der Waals surface area contributed by atoms with Gasteiger partial charge in [0.1, 0.15) is 0 Å². The van der Waals surface area contributed by atoms with Crippen LogP contribution in [0.4, 0.5) is 0 Å². The summed E-state index contributed by atoms with van der Waals surface area (Å²) >= 11 is 0. The minimum Gasteiger partial charge on any atom is -0.586 e. The van der Waals surface area contributed by atoms with Gasteiger partial charge in [0.15, 0.2) is 0 Å². The van der Waals surface area contributed by atoms with E-state index in [1.807, 2.05) is 0 Å². The maximum atomic E-state index is 6.03. The second kappa shape index (κ2) is 2.63. The second-order valence-electron chi connectivity index (χ2n) is 3.88. The van der Waals surface area contributed by atoms with Crippen LogP contribution in [0.25, 0.3) is 0 Å². The van der Waals surface area contributed by atoms with Crippen molar-refractivity contribution in [2.75, 3.05) is 13.6 Å². The molecule has 0 bridgehead atoms. The van der Waals surface area contributed by atoms with Gasteiger partial charge in [-0.2, -0.15) is 0 Å². The Kier molecular flexibility index (Phi) is 1.73. The number of rotatable bonds is 0. The largest absolute Gasteiger partial charge is 0.586 e. The number of fused-ring (bicyclic) bond motifs is 1. The number of hydrogen-bond donors (Lipinski definition) is 0. The van der Waals surface area contributed by atoms with Crippen LogP contribution in [-0.2, 0) is 13.0 Å². The highest BCUT2D eigenvalue weighted by molar-refractivity contribution is 5.97. The van der Waals surface area contributed by atoms with E-state index in [-0.39, 0.29) is 0 Å². The highest BCUT2D eigenvalue weighted by Crippen LogP contribution is 2.20. The van der Waals surface area contributed by atoms with Gasteiger partial charge in [0, 0.05) is 25.6 Å². The maximum Gasteiger partial charge on any atom is 0.0580 e. The lowest BCUT2D eigenvalue weighted by Gasteiger charge is -2.48. The molecule has 0 saturated heterocycles. The molecular formula is C10H13BN. The molecule has 0 amide bonds. The Morgan fingerprint density at radius 1 is 1.25 bits per heavy atom. The summed E-state index contributed by atoms with van der Waals surface area (Å²) in [6.45, 7) is 2.02. The molecule has 0 spiro atoms. The van der Waals surface area contributed by atoms with E-state index in [0.717, 1.165) is 19.5 Å². The van der Waals surface area contributed by atoms with Crippen molar-refractivity contribution in [3.63, 3.8) is 0 Å². The van der Waals surface area contributed by atoms with Crippen molar-refractivity contribution < 1.29 is 4.39 Å². The fourth-order valence-corrected chi connectivity index (χ4v) is 1.80. The first kappa shape index (κ1) is 7.87. The summed E-state index contributed by atoms with van der Waals surface area (Å²) in [6.07, 6.45) is 1.11. The second-order valence-corrected chi connectivity index (χ2v) is 3.88. The minimum absolute atomic E-state index is 0.636. The Morgan fingerprint density at radius 3 is 2.67 bits per heavy atom. The van der Waals surface area contributed by atoms with E-state index >= 15 is 0 Å². The molecule has 1 aliphatic heterocycles. The van der Waals surface area contributed by atoms with Crippen LogP contribution in [0.5, 0.6) is 0 Å². The third kappa shape index (κ3) is 1.39. The van der Waals surface area contributed by atoms with E-state index in [9.17, 15) is 0 Å². The number of benzene rings is 1. The molecule has 0 fully saturated rings. The highest BCUT2D eigenvalue weighted by Gasteiger charge is 2.15. The molecule has 0 saturated carbocycles. The molecule has 3 radical (unpaired) electrons. The first-order valence-electron chi connectivity index (χ1n) is 4.37. The highest BCUT2D eigenvalue weighted by atomic mass is 15.2. The average Bonchev–Trinajstić information content (AvgIpc) is 2.02. The summed E-state index contributed by atoms with van der Waals surface area (Å²) in [5.41, 5.74) is 2.88. The first-order chi connectivity index (χ1) is 5.67. The molecule has 2 rings (SSSR count). The first-order valence-corrected chi connectivity index (χ1v) is 4.37. The van der Waals surface area contributed by atoms with Gasteiger partial charge in [-0.1, -0.05) is 24.3 Å². The van der Waals surface area contributed by atoms with E-state index in [0.29, 0.717) is 4.39 Å². The summed E-state index contributed by atoms with van der Waals surface area (Å²) in [4.78, 5) is 0. The van der Waals surface area contributed by atoms with Crippen LogP contribution in [0.1, 0.15) is 11.1 Å².